The van der Waals surface area contributed by atoms with Crippen LogP contribution >= 0.6 is 0 Å². The molecule has 0 atom stereocenters. The Labute approximate surface area is 124 Å². The van der Waals surface area contributed by atoms with Crippen LogP contribution in [-0.2, 0) is 24.1 Å². The van der Waals surface area contributed by atoms with Gasteiger partial charge >= 0.3 is 115 Å². The van der Waals surface area contributed by atoms with Gasteiger partial charge in [0.2, 0.25) is 0 Å². The molecule has 0 saturated heterocycles. The molecule has 0 aliphatic heterocycles. The van der Waals surface area contributed by atoms with Gasteiger partial charge in [-0.05, 0) is 0 Å². The average Bonchev–Trinajstić information content (AvgIpc) is 2.34. The summed E-state index contributed by atoms with van der Waals surface area (Å²) < 4.78 is 11.5. The molecule has 19 heavy (non-hydrogen) atoms. The van der Waals surface area contributed by atoms with Gasteiger partial charge in [0.25, 0.3) is 0 Å². The van der Waals surface area contributed by atoms with E-state index in [-0.39, 0.29) is 9.41 Å². The summed E-state index contributed by atoms with van der Waals surface area (Å²) in [6.07, 6.45) is 0. The first-order chi connectivity index (χ1) is 8.27. The standard InChI is InChI=1S/2C7H8O.2FH.Zr/c2*1-6-4-2-3-5-7(6)8;;;/h2*2-5,8H,1H3;2*1H;/q;;;;+4/p-4. The Kier molecular flexibility index (Phi) is 8.25. The molecule has 2 aromatic rings. The van der Waals surface area contributed by atoms with E-state index in [1.165, 1.54) is 0 Å². The summed E-state index contributed by atoms with van der Waals surface area (Å²) in [7, 11) is 0. The molecule has 0 amide bonds. The Hall–Kier alpha value is -1.22. The Morgan fingerprint density at radius 3 is 1.42 bits per heavy atom. The maximum absolute atomic E-state index is 5.74. The van der Waals surface area contributed by atoms with E-state index in [0.29, 0.717) is 0 Å². The maximum atomic E-state index is 5.74. The van der Waals surface area contributed by atoms with E-state index in [4.69, 9.17) is 5.63 Å². The Bertz CT molecular complexity index is 461. The number of halogens is 2. The summed E-state index contributed by atoms with van der Waals surface area (Å²) in [6, 6.07) is 16.0. The molecule has 0 saturated carbocycles. The SMILES string of the molecule is Cc1ccccc1[O][Zr+2][O]c1ccccc1C.[F-].[F-]. The van der Waals surface area contributed by atoms with Crippen molar-refractivity contribution in [2.45, 2.75) is 13.8 Å². The molecule has 5 heteroatoms. The van der Waals surface area contributed by atoms with Gasteiger partial charge in [0.05, 0.1) is 0 Å². The van der Waals surface area contributed by atoms with Crippen molar-refractivity contribution in [3.05, 3.63) is 59.7 Å². The van der Waals surface area contributed by atoms with Crippen LogP contribution in [0.4, 0.5) is 0 Å². The second kappa shape index (κ2) is 8.81. The van der Waals surface area contributed by atoms with Crippen LogP contribution in [0.1, 0.15) is 11.1 Å². The minimum absolute atomic E-state index is 0. The smallest absolute Gasteiger partial charge is 1.00 e. The van der Waals surface area contributed by atoms with Crippen molar-refractivity contribution in [3.8, 4) is 11.5 Å². The van der Waals surface area contributed by atoms with Gasteiger partial charge in [-0.3, -0.25) is 0 Å². The van der Waals surface area contributed by atoms with E-state index in [2.05, 4.69) is 0 Å². The predicted octanol–water partition coefficient (Wildman–Crippen LogP) is -2.32. The third kappa shape index (κ3) is 5.11. The second-order valence-corrected chi connectivity index (χ2v) is 5.23. The summed E-state index contributed by atoms with van der Waals surface area (Å²) in [5.74, 6) is 1.88. The van der Waals surface area contributed by atoms with Crippen molar-refractivity contribution in [2.24, 2.45) is 0 Å². The third-order valence-corrected chi connectivity index (χ3v) is 3.98. The molecule has 100 valence electrons. The summed E-state index contributed by atoms with van der Waals surface area (Å²) >= 11 is -1.31. The van der Waals surface area contributed by atoms with Crippen molar-refractivity contribution >= 4 is 0 Å². The summed E-state index contributed by atoms with van der Waals surface area (Å²) in [5, 5.41) is 0. The molecule has 2 rings (SSSR count). The van der Waals surface area contributed by atoms with Crippen LogP contribution in [-0.4, -0.2) is 0 Å². The molecule has 0 bridgehead atoms. The Morgan fingerprint density at radius 1 is 0.684 bits per heavy atom. The van der Waals surface area contributed by atoms with Gasteiger partial charge < -0.3 is 9.41 Å². The summed E-state index contributed by atoms with van der Waals surface area (Å²) in [6.45, 7) is 4.09. The molecular weight excluding hydrogens is 329 g/mol. The van der Waals surface area contributed by atoms with Crippen LogP contribution in [0.2, 0.25) is 0 Å². The normalized spacial score (nSPS) is 8.53. The summed E-state index contributed by atoms with van der Waals surface area (Å²) in [5.41, 5.74) is 2.31. The molecule has 0 spiro atoms. The first-order valence-corrected chi connectivity index (χ1v) is 7.48. The van der Waals surface area contributed by atoms with Gasteiger partial charge in [0, 0.05) is 0 Å². The topological polar surface area (TPSA) is 18.5 Å². The van der Waals surface area contributed by atoms with E-state index in [1.54, 1.807) is 0 Å². The zero-order valence-corrected chi connectivity index (χ0v) is 13.1. The number of hydrogen-bond donors (Lipinski definition) is 0. The van der Waals surface area contributed by atoms with Crippen LogP contribution < -0.4 is 15.0 Å². The van der Waals surface area contributed by atoms with Gasteiger partial charge in [0.1, 0.15) is 0 Å². The number of hydrogen-bond acceptors (Lipinski definition) is 2. The van der Waals surface area contributed by atoms with Crippen molar-refractivity contribution in [1.82, 2.24) is 0 Å². The zero-order chi connectivity index (χ0) is 12.1. The first kappa shape index (κ1) is 17.8. The summed E-state index contributed by atoms with van der Waals surface area (Å²) in [4.78, 5) is 0. The van der Waals surface area contributed by atoms with Gasteiger partial charge in [-0.2, -0.15) is 0 Å². The minimum atomic E-state index is -1.31. The second-order valence-electron chi connectivity index (χ2n) is 3.82. The number of para-hydroxylation sites is 2. The molecule has 0 radical (unpaired) electrons. The van der Waals surface area contributed by atoms with Crippen molar-refractivity contribution in [3.63, 3.8) is 0 Å². The van der Waals surface area contributed by atoms with E-state index in [0.717, 1.165) is 22.6 Å². The van der Waals surface area contributed by atoms with E-state index in [1.807, 2.05) is 62.4 Å². The maximum Gasteiger partial charge on any atom is -1.00 e. The fourth-order valence-corrected chi connectivity index (χ4v) is 3.12. The molecule has 2 nitrogen and oxygen atoms in total. The van der Waals surface area contributed by atoms with Gasteiger partial charge in [-0.25, -0.2) is 0 Å². The predicted molar refractivity (Wildman–Crippen MR) is 63.6 cm³/mol. The number of aryl methyl sites for hydroxylation is 2. The van der Waals surface area contributed by atoms with E-state index < -0.39 is 24.1 Å². The zero-order valence-electron chi connectivity index (χ0n) is 10.7. The fourth-order valence-electron chi connectivity index (χ4n) is 1.45. The van der Waals surface area contributed by atoms with Crippen molar-refractivity contribution in [2.75, 3.05) is 0 Å². The third-order valence-electron chi connectivity index (χ3n) is 2.49. The van der Waals surface area contributed by atoms with Gasteiger partial charge in [-0.15, -0.1) is 0 Å². The Morgan fingerprint density at radius 2 is 1.05 bits per heavy atom. The molecule has 0 N–H and O–H groups in total. The molecule has 0 unspecified atom stereocenters. The van der Waals surface area contributed by atoms with E-state index >= 15 is 0 Å². The van der Waals surface area contributed by atoms with Crippen LogP contribution in [0.3, 0.4) is 0 Å². The van der Waals surface area contributed by atoms with E-state index in [9.17, 15) is 0 Å². The molecule has 0 aromatic heterocycles. The fraction of sp³-hybridized carbons (Fsp3) is 0.143. The Balaban J connectivity index is 0.00000162. The van der Waals surface area contributed by atoms with Crippen molar-refractivity contribution in [1.29, 1.82) is 0 Å². The molecule has 0 aliphatic rings. The molecular formula is C14H14F2O2Zr. The molecule has 2 aromatic carbocycles. The number of benzene rings is 2. The monoisotopic (exact) mass is 342 g/mol. The van der Waals surface area contributed by atoms with Gasteiger partial charge in [0.15, 0.2) is 0 Å². The molecule has 0 fully saturated rings. The quantitative estimate of drug-likeness (QED) is 0.621. The minimum Gasteiger partial charge on any atom is -1.00 e. The molecule has 0 heterocycles. The average molecular weight is 343 g/mol. The first-order valence-electron chi connectivity index (χ1n) is 5.47. The van der Waals surface area contributed by atoms with Crippen LogP contribution in [0.5, 0.6) is 11.5 Å². The number of rotatable bonds is 4. The largest absolute Gasteiger partial charge is 1.00 e. The van der Waals surface area contributed by atoms with Crippen molar-refractivity contribution < 1.29 is 39.2 Å². The van der Waals surface area contributed by atoms with Crippen LogP contribution in [0.25, 0.3) is 0 Å². The van der Waals surface area contributed by atoms with Crippen LogP contribution in [0.15, 0.2) is 48.5 Å². The molecule has 0 aliphatic carbocycles. The van der Waals surface area contributed by atoms with Crippen LogP contribution in [0, 0.1) is 13.8 Å². The van der Waals surface area contributed by atoms with Gasteiger partial charge in [-0.1, -0.05) is 0 Å².